The number of fused-ring (bicyclic) bond motifs is 1. The van der Waals surface area contributed by atoms with Crippen LogP contribution in [0.4, 0.5) is 0 Å². The van der Waals surface area contributed by atoms with Crippen molar-refractivity contribution in [2.45, 2.75) is 12.5 Å². The average Bonchev–Trinajstić information content (AvgIpc) is 3.35. The van der Waals surface area contributed by atoms with Crippen molar-refractivity contribution < 1.29 is 18.2 Å². The van der Waals surface area contributed by atoms with Gasteiger partial charge < -0.3 is 18.3 Å². The molecule has 0 radical (unpaired) electrons. The van der Waals surface area contributed by atoms with Gasteiger partial charge in [-0.05, 0) is 24.3 Å². The Hall–Kier alpha value is -3.62. The lowest BCUT2D eigenvalue weighted by Gasteiger charge is -2.37. The number of aromatic nitrogens is 3. The van der Waals surface area contributed by atoms with Gasteiger partial charge in [0.2, 0.25) is 17.6 Å². The van der Waals surface area contributed by atoms with Crippen LogP contribution in [0.25, 0.3) is 22.7 Å². The van der Waals surface area contributed by atoms with Crippen molar-refractivity contribution in [3.63, 3.8) is 0 Å². The number of carbonyl (C=O) groups excluding carboxylic acids is 1. The first kappa shape index (κ1) is 15.6. The molecule has 9 heteroatoms. The zero-order valence-electron chi connectivity index (χ0n) is 14.1. The number of benzene rings is 1. The number of hydrogen-bond donors (Lipinski definition) is 0. The molecule has 4 heterocycles. The molecular weight excluding hydrogens is 352 g/mol. The highest BCUT2D eigenvalue weighted by Crippen LogP contribution is 2.28. The molecule has 1 saturated heterocycles. The standard InChI is InChI=1S/C18H14N4O5/c23-15(10-22-12-4-1-2-5-13(12)26-18(22)24)21-8-11(9-21)17-19-16(20-27-17)14-6-3-7-25-14/h1-7,11H,8-10H2. The van der Waals surface area contributed by atoms with Gasteiger partial charge in [-0.1, -0.05) is 17.3 Å². The van der Waals surface area contributed by atoms with E-state index in [1.807, 2.05) is 0 Å². The van der Waals surface area contributed by atoms with Crippen LogP contribution in [0, 0.1) is 0 Å². The van der Waals surface area contributed by atoms with Crippen LogP contribution in [0.2, 0.25) is 0 Å². The van der Waals surface area contributed by atoms with E-state index in [1.54, 1.807) is 41.3 Å². The lowest BCUT2D eigenvalue weighted by Crippen LogP contribution is -2.50. The first-order valence-electron chi connectivity index (χ1n) is 8.42. The van der Waals surface area contributed by atoms with Crippen LogP contribution < -0.4 is 5.76 Å². The minimum Gasteiger partial charge on any atom is -0.461 e. The van der Waals surface area contributed by atoms with Gasteiger partial charge in [0.1, 0.15) is 6.54 Å². The maximum Gasteiger partial charge on any atom is 0.420 e. The number of hydrogen-bond acceptors (Lipinski definition) is 7. The van der Waals surface area contributed by atoms with E-state index in [4.69, 9.17) is 13.4 Å². The molecule has 1 amide bonds. The van der Waals surface area contributed by atoms with E-state index >= 15 is 0 Å². The van der Waals surface area contributed by atoms with Crippen LogP contribution in [0.15, 0.2) is 60.8 Å². The Morgan fingerprint density at radius 3 is 2.85 bits per heavy atom. The van der Waals surface area contributed by atoms with Gasteiger partial charge in [-0.3, -0.25) is 9.36 Å². The monoisotopic (exact) mass is 366 g/mol. The van der Waals surface area contributed by atoms with Crippen LogP contribution in [0.3, 0.4) is 0 Å². The van der Waals surface area contributed by atoms with E-state index in [-0.39, 0.29) is 18.4 Å². The van der Waals surface area contributed by atoms with E-state index in [9.17, 15) is 9.59 Å². The fourth-order valence-corrected chi connectivity index (χ4v) is 3.14. The third kappa shape index (κ3) is 2.64. The normalized spacial score (nSPS) is 14.6. The van der Waals surface area contributed by atoms with Gasteiger partial charge in [-0.2, -0.15) is 4.98 Å². The molecule has 4 aromatic rings. The molecular formula is C18H14N4O5. The van der Waals surface area contributed by atoms with Gasteiger partial charge in [-0.15, -0.1) is 0 Å². The molecule has 0 saturated carbocycles. The van der Waals surface area contributed by atoms with Crippen molar-refractivity contribution in [2.75, 3.05) is 13.1 Å². The first-order valence-corrected chi connectivity index (χ1v) is 8.42. The summed E-state index contributed by atoms with van der Waals surface area (Å²) in [6.45, 7) is 0.857. The summed E-state index contributed by atoms with van der Waals surface area (Å²) in [5, 5.41) is 3.90. The molecule has 3 aromatic heterocycles. The predicted octanol–water partition coefficient (Wildman–Crippen LogP) is 1.86. The molecule has 1 aliphatic rings. The highest BCUT2D eigenvalue weighted by molar-refractivity contribution is 5.80. The second-order valence-electron chi connectivity index (χ2n) is 6.35. The summed E-state index contributed by atoms with van der Waals surface area (Å²) < 4.78 is 17.0. The fraction of sp³-hybridized carbons (Fsp3) is 0.222. The number of carbonyl (C=O) groups is 1. The molecule has 27 heavy (non-hydrogen) atoms. The third-order valence-electron chi connectivity index (χ3n) is 4.63. The molecule has 0 N–H and O–H groups in total. The topological polar surface area (TPSA) is 108 Å². The average molecular weight is 366 g/mol. The lowest BCUT2D eigenvalue weighted by atomic mass is 10.00. The highest BCUT2D eigenvalue weighted by atomic mass is 16.5. The summed E-state index contributed by atoms with van der Waals surface area (Å²) in [7, 11) is 0. The SMILES string of the molecule is O=C(Cn1c(=O)oc2ccccc21)N1CC(c2nc(-c3ccco3)no2)C1. The second-order valence-corrected chi connectivity index (χ2v) is 6.35. The molecule has 0 aliphatic carbocycles. The second kappa shape index (κ2) is 5.97. The Balaban J connectivity index is 1.26. The van der Waals surface area contributed by atoms with Gasteiger partial charge >= 0.3 is 5.76 Å². The number of oxazole rings is 1. The van der Waals surface area contributed by atoms with Crippen LogP contribution in [-0.2, 0) is 11.3 Å². The number of furan rings is 1. The smallest absolute Gasteiger partial charge is 0.420 e. The first-order chi connectivity index (χ1) is 13.2. The van der Waals surface area contributed by atoms with Crippen molar-refractivity contribution in [3.05, 3.63) is 59.1 Å². The summed E-state index contributed by atoms with van der Waals surface area (Å²) in [6.07, 6.45) is 1.54. The Kier molecular flexibility index (Phi) is 3.46. The maximum absolute atomic E-state index is 12.5. The maximum atomic E-state index is 12.5. The molecule has 136 valence electrons. The Morgan fingerprint density at radius 1 is 1.19 bits per heavy atom. The van der Waals surface area contributed by atoms with E-state index in [1.165, 1.54) is 10.8 Å². The number of nitrogens with zero attached hydrogens (tertiary/aromatic N) is 4. The molecule has 0 spiro atoms. The summed E-state index contributed by atoms with van der Waals surface area (Å²) in [6, 6.07) is 10.5. The zero-order valence-corrected chi connectivity index (χ0v) is 14.1. The van der Waals surface area contributed by atoms with Gasteiger partial charge in [-0.25, -0.2) is 4.79 Å². The fourth-order valence-electron chi connectivity index (χ4n) is 3.14. The zero-order chi connectivity index (χ0) is 18.4. The highest BCUT2D eigenvalue weighted by Gasteiger charge is 2.36. The summed E-state index contributed by atoms with van der Waals surface area (Å²) in [5.74, 6) is 0.659. The van der Waals surface area contributed by atoms with Gasteiger partial charge in [0, 0.05) is 13.1 Å². The van der Waals surface area contributed by atoms with Crippen molar-refractivity contribution in [3.8, 4) is 11.6 Å². The number of amides is 1. The van der Waals surface area contributed by atoms with E-state index in [0.29, 0.717) is 41.7 Å². The molecule has 0 bridgehead atoms. The van der Waals surface area contributed by atoms with Crippen molar-refractivity contribution >= 4 is 17.0 Å². The van der Waals surface area contributed by atoms with E-state index in [2.05, 4.69) is 10.1 Å². The van der Waals surface area contributed by atoms with Crippen LogP contribution in [0.1, 0.15) is 11.8 Å². The molecule has 0 unspecified atom stereocenters. The van der Waals surface area contributed by atoms with Crippen molar-refractivity contribution in [1.29, 1.82) is 0 Å². The van der Waals surface area contributed by atoms with Gasteiger partial charge in [0.15, 0.2) is 11.3 Å². The third-order valence-corrected chi connectivity index (χ3v) is 4.63. The summed E-state index contributed by atoms with van der Waals surface area (Å²) >= 11 is 0. The number of rotatable bonds is 4. The largest absolute Gasteiger partial charge is 0.461 e. The summed E-state index contributed by atoms with van der Waals surface area (Å²) in [4.78, 5) is 30.5. The van der Waals surface area contributed by atoms with E-state index in [0.717, 1.165) is 0 Å². The number of para-hydroxylation sites is 2. The Morgan fingerprint density at radius 2 is 2.04 bits per heavy atom. The molecule has 1 fully saturated rings. The minimum absolute atomic E-state index is 0.0250. The quantitative estimate of drug-likeness (QED) is 0.542. The Bertz CT molecular complexity index is 1160. The van der Waals surface area contributed by atoms with Crippen LogP contribution in [-0.4, -0.2) is 38.6 Å². The van der Waals surface area contributed by atoms with Crippen molar-refractivity contribution in [2.24, 2.45) is 0 Å². The van der Waals surface area contributed by atoms with Gasteiger partial charge in [0.05, 0.1) is 17.7 Å². The van der Waals surface area contributed by atoms with Crippen LogP contribution >= 0.6 is 0 Å². The predicted molar refractivity (Wildman–Crippen MR) is 91.8 cm³/mol. The molecule has 1 aliphatic heterocycles. The van der Waals surface area contributed by atoms with Crippen LogP contribution in [0.5, 0.6) is 0 Å². The summed E-state index contributed by atoms with van der Waals surface area (Å²) in [5.41, 5.74) is 1.07. The molecule has 0 atom stereocenters. The molecule has 1 aromatic carbocycles. The molecule has 5 rings (SSSR count). The minimum atomic E-state index is -0.540. The van der Waals surface area contributed by atoms with Gasteiger partial charge in [0.25, 0.3) is 0 Å². The van der Waals surface area contributed by atoms with Crippen molar-refractivity contribution in [1.82, 2.24) is 19.6 Å². The Labute approximate surface area is 151 Å². The lowest BCUT2D eigenvalue weighted by molar-refractivity contribution is -0.136. The number of likely N-dealkylation sites (tertiary alicyclic amines) is 1. The molecule has 9 nitrogen and oxygen atoms in total. The van der Waals surface area contributed by atoms with E-state index < -0.39 is 5.76 Å².